The number of carbonyl (C=O) groups excluding carboxylic acids is 1. The molecule has 0 unspecified atom stereocenters. The van der Waals surface area contributed by atoms with Gasteiger partial charge in [0, 0.05) is 37.1 Å². The molecule has 0 saturated carbocycles. The highest BCUT2D eigenvalue weighted by molar-refractivity contribution is 5.98. The van der Waals surface area contributed by atoms with Crippen molar-refractivity contribution in [1.82, 2.24) is 9.88 Å². The summed E-state index contributed by atoms with van der Waals surface area (Å²) in [5, 5.41) is 11.0. The van der Waals surface area contributed by atoms with E-state index in [1.165, 1.54) is 5.56 Å². The van der Waals surface area contributed by atoms with Crippen LogP contribution in [-0.4, -0.2) is 47.1 Å². The molecule has 4 rings (SSSR count). The molecule has 5 heteroatoms. The fraction of sp³-hybridized carbons (Fsp3) is 0.250. The second-order valence-corrected chi connectivity index (χ2v) is 6.54. The number of carbonyl (C=O) groups is 1. The van der Waals surface area contributed by atoms with Crippen molar-refractivity contribution in [3.05, 3.63) is 59.8 Å². The van der Waals surface area contributed by atoms with Gasteiger partial charge in [-0.05, 0) is 36.8 Å². The Bertz CT molecular complexity index is 924. The molecular weight excluding hydrogens is 314 g/mol. The molecule has 1 fully saturated rings. The summed E-state index contributed by atoms with van der Waals surface area (Å²) in [6, 6.07) is 15.4. The van der Waals surface area contributed by atoms with Gasteiger partial charge in [0.1, 0.15) is 11.4 Å². The molecule has 0 atom stereocenters. The van der Waals surface area contributed by atoms with Gasteiger partial charge in [0.15, 0.2) is 0 Å². The summed E-state index contributed by atoms with van der Waals surface area (Å²) in [6.07, 6.45) is 0. The zero-order chi connectivity index (χ0) is 17.4. The van der Waals surface area contributed by atoms with Crippen LogP contribution in [0.15, 0.2) is 48.5 Å². The lowest BCUT2D eigenvalue weighted by Gasteiger charge is -2.36. The van der Waals surface area contributed by atoms with Crippen molar-refractivity contribution in [3.63, 3.8) is 0 Å². The smallest absolute Gasteiger partial charge is 0.270 e. The number of hydrogen-bond acceptors (Lipinski definition) is 3. The second kappa shape index (κ2) is 6.16. The summed E-state index contributed by atoms with van der Waals surface area (Å²) in [5.41, 5.74) is 3.63. The number of benzene rings is 2. The number of fused-ring (bicyclic) bond motifs is 1. The number of aromatic amines is 1. The Morgan fingerprint density at radius 3 is 2.56 bits per heavy atom. The van der Waals surface area contributed by atoms with Crippen LogP contribution in [0, 0.1) is 6.92 Å². The fourth-order valence-corrected chi connectivity index (χ4v) is 3.41. The zero-order valence-corrected chi connectivity index (χ0v) is 14.2. The molecule has 25 heavy (non-hydrogen) atoms. The van der Waals surface area contributed by atoms with E-state index in [-0.39, 0.29) is 11.7 Å². The lowest BCUT2D eigenvalue weighted by atomic mass is 10.2. The van der Waals surface area contributed by atoms with E-state index in [1.54, 1.807) is 6.07 Å². The molecule has 1 aliphatic rings. The van der Waals surface area contributed by atoms with Crippen LogP contribution in [-0.2, 0) is 0 Å². The molecule has 0 spiro atoms. The van der Waals surface area contributed by atoms with Crippen LogP contribution in [0.3, 0.4) is 0 Å². The number of hydrogen-bond donors (Lipinski definition) is 2. The number of phenols is 1. The van der Waals surface area contributed by atoms with Gasteiger partial charge in [-0.3, -0.25) is 4.79 Å². The van der Waals surface area contributed by atoms with Crippen LogP contribution in [0.1, 0.15) is 16.1 Å². The zero-order valence-electron chi connectivity index (χ0n) is 14.2. The number of para-hydroxylation sites is 2. The first-order valence-electron chi connectivity index (χ1n) is 8.53. The van der Waals surface area contributed by atoms with Crippen LogP contribution in [0.25, 0.3) is 10.9 Å². The van der Waals surface area contributed by atoms with Gasteiger partial charge in [0.05, 0.1) is 5.69 Å². The standard InChI is InChI=1S/C20H21N3O2/c1-14-6-7-15-13-17(21-16(15)12-14)20(25)23-10-8-22(9-11-23)18-4-2-3-5-19(18)24/h2-7,12-13,21,24H,8-11H2,1H3. The normalized spacial score (nSPS) is 14.9. The van der Waals surface area contributed by atoms with Gasteiger partial charge >= 0.3 is 0 Å². The Hall–Kier alpha value is -2.95. The molecule has 1 aliphatic heterocycles. The number of aromatic hydroxyl groups is 1. The lowest BCUT2D eigenvalue weighted by molar-refractivity contribution is 0.0742. The molecule has 5 nitrogen and oxygen atoms in total. The molecule has 1 aromatic heterocycles. The number of nitrogens with one attached hydrogen (secondary N) is 1. The predicted molar refractivity (Wildman–Crippen MR) is 99.3 cm³/mol. The Morgan fingerprint density at radius 2 is 1.80 bits per heavy atom. The van der Waals surface area contributed by atoms with Crippen molar-refractivity contribution in [2.75, 3.05) is 31.1 Å². The summed E-state index contributed by atoms with van der Waals surface area (Å²) in [4.78, 5) is 20.0. The topological polar surface area (TPSA) is 59.6 Å². The first kappa shape index (κ1) is 15.6. The largest absolute Gasteiger partial charge is 0.506 e. The summed E-state index contributed by atoms with van der Waals surface area (Å²) in [7, 11) is 0. The number of aromatic nitrogens is 1. The van der Waals surface area contributed by atoms with Crippen molar-refractivity contribution >= 4 is 22.5 Å². The van der Waals surface area contributed by atoms with Gasteiger partial charge < -0.3 is 19.9 Å². The van der Waals surface area contributed by atoms with Crippen LogP contribution < -0.4 is 4.90 Å². The maximum absolute atomic E-state index is 12.8. The number of rotatable bonds is 2. The number of nitrogens with zero attached hydrogens (tertiary/aromatic N) is 2. The Balaban J connectivity index is 1.48. The maximum atomic E-state index is 12.8. The van der Waals surface area contributed by atoms with Crippen molar-refractivity contribution < 1.29 is 9.90 Å². The van der Waals surface area contributed by atoms with Crippen LogP contribution in [0.5, 0.6) is 5.75 Å². The number of aryl methyl sites for hydroxylation is 1. The average Bonchev–Trinajstić information content (AvgIpc) is 3.05. The molecule has 128 valence electrons. The SMILES string of the molecule is Cc1ccc2cc(C(=O)N3CCN(c4ccccc4O)CC3)[nH]c2c1. The maximum Gasteiger partial charge on any atom is 0.270 e. The number of piperazine rings is 1. The number of amides is 1. The molecule has 2 N–H and O–H groups in total. The molecule has 0 aliphatic carbocycles. The molecule has 1 amide bonds. The van der Waals surface area contributed by atoms with Gasteiger partial charge in [-0.2, -0.15) is 0 Å². The second-order valence-electron chi connectivity index (χ2n) is 6.54. The molecule has 0 radical (unpaired) electrons. The number of phenolic OH excluding ortho intramolecular Hbond substituents is 1. The summed E-state index contributed by atoms with van der Waals surface area (Å²) in [6.45, 7) is 4.74. The molecule has 0 bridgehead atoms. The minimum absolute atomic E-state index is 0.0331. The van der Waals surface area contributed by atoms with E-state index < -0.39 is 0 Å². The van der Waals surface area contributed by atoms with Gasteiger partial charge in [-0.25, -0.2) is 0 Å². The summed E-state index contributed by atoms with van der Waals surface area (Å²) >= 11 is 0. The van der Waals surface area contributed by atoms with E-state index in [4.69, 9.17) is 0 Å². The minimum atomic E-state index is 0.0331. The van der Waals surface area contributed by atoms with E-state index >= 15 is 0 Å². The molecule has 3 aromatic rings. The van der Waals surface area contributed by atoms with Gasteiger partial charge in [0.25, 0.3) is 5.91 Å². The van der Waals surface area contributed by atoms with Gasteiger partial charge in [-0.1, -0.05) is 24.3 Å². The minimum Gasteiger partial charge on any atom is -0.506 e. The third-order valence-electron chi connectivity index (χ3n) is 4.80. The van der Waals surface area contributed by atoms with E-state index in [2.05, 4.69) is 22.0 Å². The van der Waals surface area contributed by atoms with Gasteiger partial charge in [-0.15, -0.1) is 0 Å². The molecule has 2 aromatic carbocycles. The first-order valence-corrected chi connectivity index (χ1v) is 8.53. The summed E-state index contributed by atoms with van der Waals surface area (Å²) in [5.74, 6) is 0.319. The Kier molecular flexibility index (Phi) is 3.84. The van der Waals surface area contributed by atoms with E-state index in [0.29, 0.717) is 31.9 Å². The van der Waals surface area contributed by atoms with Crippen molar-refractivity contribution in [2.45, 2.75) is 6.92 Å². The van der Waals surface area contributed by atoms with E-state index in [0.717, 1.165) is 16.6 Å². The van der Waals surface area contributed by atoms with Crippen LogP contribution >= 0.6 is 0 Å². The number of H-pyrrole nitrogens is 1. The van der Waals surface area contributed by atoms with E-state index in [9.17, 15) is 9.90 Å². The summed E-state index contributed by atoms with van der Waals surface area (Å²) < 4.78 is 0. The monoisotopic (exact) mass is 335 g/mol. The highest BCUT2D eigenvalue weighted by Crippen LogP contribution is 2.27. The first-order chi connectivity index (χ1) is 12.1. The van der Waals surface area contributed by atoms with Crippen LogP contribution in [0.4, 0.5) is 5.69 Å². The average molecular weight is 335 g/mol. The fourth-order valence-electron chi connectivity index (χ4n) is 3.41. The van der Waals surface area contributed by atoms with Gasteiger partial charge in [0.2, 0.25) is 0 Å². The molecular formula is C20H21N3O2. The van der Waals surface area contributed by atoms with Crippen molar-refractivity contribution in [3.8, 4) is 5.75 Å². The van der Waals surface area contributed by atoms with Crippen molar-refractivity contribution in [2.24, 2.45) is 0 Å². The lowest BCUT2D eigenvalue weighted by Crippen LogP contribution is -2.48. The third kappa shape index (κ3) is 2.93. The Morgan fingerprint density at radius 1 is 1.04 bits per heavy atom. The highest BCUT2D eigenvalue weighted by Gasteiger charge is 2.24. The number of anilines is 1. The van der Waals surface area contributed by atoms with Crippen LogP contribution in [0.2, 0.25) is 0 Å². The molecule has 2 heterocycles. The molecule has 1 saturated heterocycles. The van der Waals surface area contributed by atoms with E-state index in [1.807, 2.05) is 42.2 Å². The third-order valence-corrected chi connectivity index (χ3v) is 4.80. The quantitative estimate of drug-likeness (QED) is 0.756. The predicted octanol–water partition coefficient (Wildman–Crippen LogP) is 3.14. The van der Waals surface area contributed by atoms with Crippen molar-refractivity contribution in [1.29, 1.82) is 0 Å². The highest BCUT2D eigenvalue weighted by atomic mass is 16.3. The Labute approximate surface area is 146 Å².